The number of nitrogens with zero attached hydrogens (tertiary/aromatic N) is 6. The standard InChI is InChI=1S/2C23H26FN5O3/c2*1-26-21(30)20-18(11-14-8-9-27-19(25)12-14)22(31)29(20)23(32)28-10-2-3-16(13-28)15-4-6-17(24)7-5-15/h2*4-9,12,16,18,20H,2-3,10-11,13H2,1H3,(H2,25,27)(H,26,30)/t16-,18+,20-;16-,18-,20+/m01/s1. The Kier molecular flexibility index (Phi) is 13.8. The number of amides is 8. The largest absolute Gasteiger partial charge is 0.384 e. The molecular weight excluding hydrogens is 827 g/mol. The molecule has 2 aromatic carbocycles. The zero-order valence-electron chi connectivity index (χ0n) is 35.7. The van der Waals surface area contributed by atoms with E-state index < -0.39 is 36.0 Å². The first kappa shape index (κ1) is 45.1. The number of β-lactam (4-membered cyclic amide) rings is 2. The summed E-state index contributed by atoms with van der Waals surface area (Å²) in [6, 6.07) is 16.7. The van der Waals surface area contributed by atoms with E-state index in [1.54, 1.807) is 70.7 Å². The number of likely N-dealkylation sites (N-methyl/N-ethyl adjacent to an activating group) is 2. The first-order valence-corrected chi connectivity index (χ1v) is 21.4. The van der Waals surface area contributed by atoms with Gasteiger partial charge < -0.3 is 31.9 Å². The van der Waals surface area contributed by atoms with Gasteiger partial charge in [0, 0.05) is 64.5 Å². The number of halogens is 2. The molecule has 4 fully saturated rings. The lowest BCUT2D eigenvalue weighted by atomic mass is 9.82. The number of hydrogen-bond acceptors (Lipinski definition) is 10. The van der Waals surface area contributed by atoms with Gasteiger partial charge in [-0.3, -0.25) is 29.0 Å². The second-order valence-corrected chi connectivity index (χ2v) is 16.6. The molecular formula is C46H52F2N10O6. The fraction of sp³-hybridized carbons (Fsp3) is 0.391. The van der Waals surface area contributed by atoms with Crippen molar-refractivity contribution in [3.05, 3.63) is 119 Å². The molecule has 0 aliphatic carbocycles. The molecule has 8 amide bonds. The summed E-state index contributed by atoms with van der Waals surface area (Å²) in [5.41, 5.74) is 14.9. The molecule has 6 atom stereocenters. The van der Waals surface area contributed by atoms with Crippen LogP contribution in [0, 0.1) is 23.5 Å². The number of nitrogens with two attached hydrogens (primary N) is 2. The number of pyridine rings is 2. The van der Waals surface area contributed by atoms with Gasteiger partial charge in [-0.1, -0.05) is 24.3 Å². The zero-order valence-corrected chi connectivity index (χ0v) is 35.7. The van der Waals surface area contributed by atoms with Crippen LogP contribution in [0.3, 0.4) is 0 Å². The van der Waals surface area contributed by atoms with Crippen molar-refractivity contribution in [2.75, 3.05) is 51.7 Å². The predicted molar refractivity (Wildman–Crippen MR) is 232 cm³/mol. The minimum atomic E-state index is -0.874. The number of benzene rings is 2. The SMILES string of the molecule is CNC(=O)[C@@H]1[C@@H](Cc2ccnc(N)c2)C(=O)N1C(=O)N1CCC[C@@H](c2ccc(F)cc2)C1.CNC(=O)[C@@H]1[C@@H](Cc2ccnc(N)c2)C(=O)N1C(=O)N1CCC[C@H](c2ccc(F)cc2)C1. The van der Waals surface area contributed by atoms with Gasteiger partial charge in [0.25, 0.3) is 0 Å². The van der Waals surface area contributed by atoms with Crippen LogP contribution in [-0.2, 0) is 32.0 Å². The van der Waals surface area contributed by atoms with E-state index in [0.717, 1.165) is 57.7 Å². The van der Waals surface area contributed by atoms with Gasteiger partial charge in [-0.2, -0.15) is 0 Å². The molecule has 4 saturated heterocycles. The topological polar surface area (TPSA) is 217 Å². The molecule has 0 radical (unpaired) electrons. The number of nitrogen functional groups attached to an aromatic ring is 2. The summed E-state index contributed by atoms with van der Waals surface area (Å²) in [7, 11) is 2.97. The van der Waals surface area contributed by atoms with Gasteiger partial charge in [0.15, 0.2) is 0 Å². The average molecular weight is 879 g/mol. The van der Waals surface area contributed by atoms with Gasteiger partial charge >= 0.3 is 12.1 Å². The molecule has 6 N–H and O–H groups in total. The molecule has 0 saturated carbocycles. The third-order valence-corrected chi connectivity index (χ3v) is 12.5. The Morgan fingerprint density at radius 1 is 0.625 bits per heavy atom. The lowest BCUT2D eigenvalue weighted by molar-refractivity contribution is -0.158. The highest BCUT2D eigenvalue weighted by molar-refractivity contribution is 6.10. The fourth-order valence-corrected chi connectivity index (χ4v) is 9.19. The van der Waals surface area contributed by atoms with Gasteiger partial charge in [-0.25, -0.2) is 28.3 Å². The van der Waals surface area contributed by atoms with E-state index in [2.05, 4.69) is 20.6 Å². The van der Waals surface area contributed by atoms with Crippen molar-refractivity contribution < 1.29 is 37.5 Å². The highest BCUT2D eigenvalue weighted by Crippen LogP contribution is 2.36. The molecule has 64 heavy (non-hydrogen) atoms. The number of urea groups is 2. The normalized spacial score (nSPS) is 22.9. The Hall–Kier alpha value is -6.98. The Bertz CT molecular complexity index is 2220. The maximum Gasteiger partial charge on any atom is 0.327 e. The fourth-order valence-electron chi connectivity index (χ4n) is 9.19. The lowest BCUT2D eigenvalue weighted by Crippen LogP contribution is -2.70. The van der Waals surface area contributed by atoms with Gasteiger partial charge in [0.2, 0.25) is 23.6 Å². The summed E-state index contributed by atoms with van der Waals surface area (Å²) < 4.78 is 26.5. The summed E-state index contributed by atoms with van der Waals surface area (Å²) in [6.07, 6.45) is 6.96. The van der Waals surface area contributed by atoms with Crippen LogP contribution in [0.2, 0.25) is 0 Å². The maximum atomic E-state index is 13.3. The number of hydrogen-bond donors (Lipinski definition) is 4. The van der Waals surface area contributed by atoms with Crippen LogP contribution in [0.15, 0.2) is 85.2 Å². The molecule has 0 spiro atoms. The first-order valence-electron chi connectivity index (χ1n) is 21.4. The summed E-state index contributed by atoms with van der Waals surface area (Å²) in [4.78, 5) is 90.9. The molecule has 2 aromatic heterocycles. The van der Waals surface area contributed by atoms with E-state index in [0.29, 0.717) is 50.7 Å². The number of carbonyl (C=O) groups excluding carboxylic acids is 6. The quantitative estimate of drug-likeness (QED) is 0.188. The molecule has 0 bridgehead atoms. The zero-order chi connectivity index (χ0) is 45.7. The number of anilines is 2. The Labute approximate surface area is 369 Å². The Morgan fingerprint density at radius 3 is 1.34 bits per heavy atom. The van der Waals surface area contributed by atoms with Crippen molar-refractivity contribution in [1.29, 1.82) is 0 Å². The third-order valence-electron chi connectivity index (χ3n) is 12.5. The van der Waals surface area contributed by atoms with Crippen LogP contribution in [0.25, 0.3) is 0 Å². The van der Waals surface area contributed by atoms with Crippen molar-refractivity contribution in [1.82, 2.24) is 40.2 Å². The molecule has 4 aliphatic heterocycles. The second kappa shape index (κ2) is 19.6. The number of piperidine rings is 2. The summed E-state index contributed by atoms with van der Waals surface area (Å²) in [5, 5.41) is 5.13. The van der Waals surface area contributed by atoms with Crippen molar-refractivity contribution in [2.45, 2.75) is 62.4 Å². The minimum absolute atomic E-state index is 0.0544. The van der Waals surface area contributed by atoms with E-state index in [1.807, 2.05) is 0 Å². The van der Waals surface area contributed by atoms with Crippen LogP contribution in [-0.4, -0.2) is 118 Å². The summed E-state index contributed by atoms with van der Waals surface area (Å²) in [6.45, 7) is 1.85. The molecule has 8 rings (SSSR count). The molecule has 18 heteroatoms. The van der Waals surface area contributed by atoms with Crippen molar-refractivity contribution in [3.8, 4) is 0 Å². The van der Waals surface area contributed by atoms with E-state index in [9.17, 15) is 37.5 Å². The van der Waals surface area contributed by atoms with E-state index in [4.69, 9.17) is 11.5 Å². The highest BCUT2D eigenvalue weighted by Gasteiger charge is 2.56. The molecule has 4 aliphatic rings. The smallest absolute Gasteiger partial charge is 0.327 e. The third kappa shape index (κ3) is 9.65. The molecule has 336 valence electrons. The Balaban J connectivity index is 0.000000191. The number of aromatic nitrogens is 2. The van der Waals surface area contributed by atoms with Gasteiger partial charge in [0.1, 0.15) is 35.4 Å². The first-order chi connectivity index (χ1) is 30.8. The number of rotatable bonds is 8. The minimum Gasteiger partial charge on any atom is -0.384 e. The van der Waals surface area contributed by atoms with E-state index >= 15 is 0 Å². The second-order valence-electron chi connectivity index (χ2n) is 16.6. The van der Waals surface area contributed by atoms with Crippen LogP contribution < -0.4 is 22.1 Å². The van der Waals surface area contributed by atoms with Crippen molar-refractivity contribution in [3.63, 3.8) is 0 Å². The monoisotopic (exact) mass is 878 g/mol. The molecule has 6 heterocycles. The van der Waals surface area contributed by atoms with Gasteiger partial charge in [0.05, 0.1) is 11.8 Å². The van der Waals surface area contributed by atoms with E-state index in [1.165, 1.54) is 38.4 Å². The molecule has 0 unspecified atom stereocenters. The summed E-state index contributed by atoms with van der Waals surface area (Å²) >= 11 is 0. The molecule has 16 nitrogen and oxygen atoms in total. The van der Waals surface area contributed by atoms with Gasteiger partial charge in [-0.15, -0.1) is 0 Å². The van der Waals surface area contributed by atoms with Crippen LogP contribution in [0.5, 0.6) is 0 Å². The number of carbonyl (C=O) groups is 6. The molecule has 4 aromatic rings. The van der Waals surface area contributed by atoms with E-state index in [-0.39, 0.29) is 47.1 Å². The van der Waals surface area contributed by atoms with Crippen molar-refractivity contribution in [2.24, 2.45) is 11.8 Å². The highest BCUT2D eigenvalue weighted by atomic mass is 19.1. The number of imide groups is 2. The number of likely N-dealkylation sites (tertiary alicyclic amines) is 4. The van der Waals surface area contributed by atoms with Crippen LogP contribution in [0.4, 0.5) is 30.0 Å². The Morgan fingerprint density at radius 2 is 1.00 bits per heavy atom. The maximum absolute atomic E-state index is 13.3. The van der Waals surface area contributed by atoms with Crippen molar-refractivity contribution >= 4 is 47.3 Å². The number of nitrogens with one attached hydrogen (secondary N) is 2. The lowest BCUT2D eigenvalue weighted by Gasteiger charge is -2.47. The van der Waals surface area contributed by atoms with Crippen LogP contribution in [0.1, 0.15) is 59.8 Å². The predicted octanol–water partition coefficient (Wildman–Crippen LogP) is 3.84. The summed E-state index contributed by atoms with van der Waals surface area (Å²) in [5.74, 6) is -2.62. The average Bonchev–Trinajstić information content (AvgIpc) is 3.30. The van der Waals surface area contributed by atoms with Gasteiger partial charge in [-0.05, 0) is 109 Å². The van der Waals surface area contributed by atoms with Crippen LogP contribution >= 0.6 is 0 Å².